The van der Waals surface area contributed by atoms with Gasteiger partial charge in [-0.05, 0) is 25.8 Å². The Bertz CT molecular complexity index is 477. The number of benzene rings is 1. The molecule has 1 saturated heterocycles. The van der Waals surface area contributed by atoms with Crippen molar-refractivity contribution < 1.29 is 9.53 Å². The van der Waals surface area contributed by atoms with E-state index in [0.29, 0.717) is 19.8 Å². The fourth-order valence-electron chi connectivity index (χ4n) is 2.67. The Labute approximate surface area is 127 Å². The van der Waals surface area contributed by atoms with Crippen molar-refractivity contribution in [3.8, 4) is 0 Å². The lowest BCUT2D eigenvalue weighted by molar-refractivity contribution is -0.144. The fraction of sp³-hybridized carbons (Fsp3) is 0.588. The number of hydrogen-bond donors (Lipinski definition) is 1. The molecule has 4 heteroatoms. The molecule has 2 N–H and O–H groups in total. The van der Waals surface area contributed by atoms with Gasteiger partial charge in [-0.3, -0.25) is 4.79 Å². The third kappa shape index (κ3) is 3.27. The second kappa shape index (κ2) is 6.58. The molecule has 1 amide bonds. The number of nitrogens with two attached hydrogens (primary N) is 1. The summed E-state index contributed by atoms with van der Waals surface area (Å²) in [5, 5.41) is 0. The molecule has 0 spiro atoms. The van der Waals surface area contributed by atoms with Crippen molar-refractivity contribution in [2.45, 2.75) is 45.8 Å². The van der Waals surface area contributed by atoms with E-state index in [1.807, 2.05) is 30.0 Å². The van der Waals surface area contributed by atoms with Gasteiger partial charge in [-0.1, -0.05) is 37.3 Å². The molecule has 0 aliphatic carbocycles. The highest BCUT2D eigenvalue weighted by molar-refractivity contribution is 5.84. The van der Waals surface area contributed by atoms with Crippen molar-refractivity contribution in [1.82, 2.24) is 4.90 Å². The van der Waals surface area contributed by atoms with Gasteiger partial charge >= 0.3 is 0 Å². The van der Waals surface area contributed by atoms with Gasteiger partial charge in [-0.15, -0.1) is 0 Å². The summed E-state index contributed by atoms with van der Waals surface area (Å²) < 4.78 is 5.43. The second-order valence-corrected chi connectivity index (χ2v) is 6.22. The van der Waals surface area contributed by atoms with Gasteiger partial charge in [0.15, 0.2) is 0 Å². The third-order valence-electron chi connectivity index (χ3n) is 4.59. The highest BCUT2D eigenvalue weighted by Crippen LogP contribution is 2.31. The predicted octanol–water partition coefficient (Wildman–Crippen LogP) is 2.18. The van der Waals surface area contributed by atoms with E-state index in [1.54, 1.807) is 0 Å². The normalized spacial score (nSPS) is 26.6. The zero-order valence-electron chi connectivity index (χ0n) is 13.2. The molecule has 4 nitrogen and oxygen atoms in total. The van der Waals surface area contributed by atoms with E-state index in [1.165, 1.54) is 0 Å². The lowest BCUT2D eigenvalue weighted by Gasteiger charge is -2.36. The molecule has 0 bridgehead atoms. The molecule has 1 aromatic rings. The first-order valence-corrected chi connectivity index (χ1v) is 7.67. The maximum absolute atomic E-state index is 13.0. The largest absolute Gasteiger partial charge is 0.379 e. The summed E-state index contributed by atoms with van der Waals surface area (Å²) in [6, 6.07) is 10.0. The molecule has 2 rings (SSSR count). The molecule has 0 aromatic heterocycles. The van der Waals surface area contributed by atoms with E-state index in [-0.39, 0.29) is 18.0 Å². The van der Waals surface area contributed by atoms with E-state index in [9.17, 15) is 4.79 Å². The topological polar surface area (TPSA) is 55.6 Å². The van der Waals surface area contributed by atoms with Crippen LogP contribution in [0.2, 0.25) is 0 Å². The van der Waals surface area contributed by atoms with E-state index < -0.39 is 5.41 Å². The quantitative estimate of drug-likeness (QED) is 0.904. The molecule has 0 saturated carbocycles. The van der Waals surface area contributed by atoms with Crippen LogP contribution in [0.1, 0.15) is 32.8 Å². The van der Waals surface area contributed by atoms with Crippen molar-refractivity contribution >= 4 is 5.91 Å². The first-order chi connectivity index (χ1) is 9.99. The Morgan fingerprint density at radius 1 is 1.48 bits per heavy atom. The van der Waals surface area contributed by atoms with Crippen LogP contribution in [0.15, 0.2) is 30.3 Å². The Hall–Kier alpha value is -1.39. The van der Waals surface area contributed by atoms with Gasteiger partial charge in [-0.25, -0.2) is 0 Å². The predicted molar refractivity (Wildman–Crippen MR) is 83.6 cm³/mol. The average Bonchev–Trinajstić information content (AvgIpc) is 2.85. The van der Waals surface area contributed by atoms with E-state index in [2.05, 4.69) is 26.0 Å². The van der Waals surface area contributed by atoms with Crippen molar-refractivity contribution in [3.63, 3.8) is 0 Å². The first-order valence-electron chi connectivity index (χ1n) is 7.67. The summed E-state index contributed by atoms with van der Waals surface area (Å²) in [5.41, 5.74) is 6.64. The minimum atomic E-state index is -0.613. The summed E-state index contributed by atoms with van der Waals surface area (Å²) in [5.74, 6) is 0.103. The van der Waals surface area contributed by atoms with Crippen LogP contribution in [0.25, 0.3) is 0 Å². The molecule has 3 atom stereocenters. The molecule has 0 radical (unpaired) electrons. The maximum Gasteiger partial charge on any atom is 0.233 e. The van der Waals surface area contributed by atoms with Gasteiger partial charge < -0.3 is 15.4 Å². The molecule has 1 fully saturated rings. The van der Waals surface area contributed by atoms with Crippen LogP contribution >= 0.6 is 0 Å². The van der Waals surface area contributed by atoms with Gasteiger partial charge in [-0.2, -0.15) is 0 Å². The van der Waals surface area contributed by atoms with E-state index in [4.69, 9.17) is 10.5 Å². The fourth-order valence-corrected chi connectivity index (χ4v) is 2.67. The second-order valence-electron chi connectivity index (χ2n) is 6.22. The van der Waals surface area contributed by atoms with Crippen molar-refractivity contribution in [2.24, 2.45) is 11.1 Å². The minimum Gasteiger partial charge on any atom is -0.379 e. The van der Waals surface area contributed by atoms with Crippen LogP contribution in [0, 0.1) is 5.41 Å². The smallest absolute Gasteiger partial charge is 0.233 e. The zero-order valence-corrected chi connectivity index (χ0v) is 13.2. The molecule has 1 aliphatic rings. The molecule has 1 aliphatic heterocycles. The summed E-state index contributed by atoms with van der Waals surface area (Å²) in [6.45, 7) is 7.61. The highest BCUT2D eigenvalue weighted by atomic mass is 16.5. The van der Waals surface area contributed by atoms with Gasteiger partial charge in [0.2, 0.25) is 5.91 Å². The molecule has 3 unspecified atom stereocenters. The Kier molecular flexibility index (Phi) is 5.01. The van der Waals surface area contributed by atoms with Crippen molar-refractivity contribution in [1.29, 1.82) is 0 Å². The van der Waals surface area contributed by atoms with Gasteiger partial charge in [0.05, 0.1) is 18.6 Å². The number of rotatable bonds is 5. The number of ether oxygens (including phenoxy) is 1. The molecule has 21 heavy (non-hydrogen) atoms. The average molecular weight is 290 g/mol. The zero-order chi connectivity index (χ0) is 15.5. The monoisotopic (exact) mass is 290 g/mol. The Morgan fingerprint density at radius 3 is 2.67 bits per heavy atom. The molecule has 1 aromatic carbocycles. The van der Waals surface area contributed by atoms with Crippen molar-refractivity contribution in [3.05, 3.63) is 35.9 Å². The summed E-state index contributed by atoms with van der Waals surface area (Å²) in [4.78, 5) is 15.0. The molecule has 116 valence electrons. The minimum absolute atomic E-state index is 0.103. The first kappa shape index (κ1) is 16.0. The number of nitrogens with zero attached hydrogens (tertiary/aromatic N) is 1. The standard InChI is InChI=1S/C17H26N2O2/c1-4-13(2)19(10-14-8-6-5-7-9-14)16(20)17(3)12-21-11-15(17)18/h5-9,13,15H,4,10-12,18H2,1-3H3. The van der Waals surface area contributed by atoms with Crippen LogP contribution in [0.4, 0.5) is 0 Å². The lowest BCUT2D eigenvalue weighted by atomic mass is 9.83. The number of hydrogen-bond acceptors (Lipinski definition) is 3. The van der Waals surface area contributed by atoms with Crippen LogP contribution in [0.3, 0.4) is 0 Å². The van der Waals surface area contributed by atoms with Crippen molar-refractivity contribution in [2.75, 3.05) is 13.2 Å². The van der Waals surface area contributed by atoms with Crippen LogP contribution < -0.4 is 5.73 Å². The molecule has 1 heterocycles. The summed E-state index contributed by atoms with van der Waals surface area (Å²) in [6.07, 6.45) is 0.921. The van der Waals surface area contributed by atoms with E-state index in [0.717, 1.165) is 12.0 Å². The SMILES string of the molecule is CCC(C)N(Cc1ccccc1)C(=O)C1(C)COCC1N. The summed E-state index contributed by atoms with van der Waals surface area (Å²) in [7, 11) is 0. The Balaban J connectivity index is 2.22. The van der Waals surface area contributed by atoms with Crippen LogP contribution in [-0.2, 0) is 16.1 Å². The molecular formula is C17H26N2O2. The van der Waals surface area contributed by atoms with E-state index >= 15 is 0 Å². The third-order valence-corrected chi connectivity index (χ3v) is 4.59. The van der Waals surface area contributed by atoms with Crippen LogP contribution in [-0.4, -0.2) is 36.1 Å². The number of carbonyl (C=O) groups is 1. The number of carbonyl (C=O) groups excluding carboxylic acids is 1. The lowest BCUT2D eigenvalue weighted by Crippen LogP contribution is -2.53. The summed E-state index contributed by atoms with van der Waals surface area (Å²) >= 11 is 0. The van der Waals surface area contributed by atoms with Gasteiger partial charge in [0.1, 0.15) is 0 Å². The Morgan fingerprint density at radius 2 is 2.14 bits per heavy atom. The number of amides is 1. The maximum atomic E-state index is 13.0. The van der Waals surface area contributed by atoms with Gasteiger partial charge in [0, 0.05) is 18.6 Å². The molecular weight excluding hydrogens is 264 g/mol. The highest BCUT2D eigenvalue weighted by Gasteiger charge is 2.47. The van der Waals surface area contributed by atoms with Crippen LogP contribution in [0.5, 0.6) is 0 Å². The van der Waals surface area contributed by atoms with Gasteiger partial charge in [0.25, 0.3) is 0 Å².